The minimum absolute atomic E-state index is 0.0212. The molecule has 2 heterocycles. The first kappa shape index (κ1) is 17.9. The number of phenolic OH excluding ortho intramolecular Hbond substituents is 1. The second-order valence-corrected chi connectivity index (χ2v) is 7.71. The van der Waals surface area contributed by atoms with E-state index in [9.17, 15) is 9.90 Å². The maximum absolute atomic E-state index is 12.4. The van der Waals surface area contributed by atoms with Crippen molar-refractivity contribution in [2.24, 2.45) is 0 Å². The Labute approximate surface area is 166 Å². The van der Waals surface area contributed by atoms with Gasteiger partial charge in [-0.25, -0.2) is 0 Å². The zero-order valence-electron chi connectivity index (χ0n) is 14.7. The van der Waals surface area contributed by atoms with E-state index in [2.05, 4.69) is 10.7 Å². The number of benzene rings is 2. The van der Waals surface area contributed by atoms with Gasteiger partial charge >= 0.3 is 0 Å². The average molecular weight is 400 g/mol. The standard InChI is InChI=1S/C21H18ClNO3S/c1-2-26-18-9-13(5-8-17(18)24)15-10-19(25)23-20-16(11-27-21(15)20)12-3-6-14(22)7-4-12/h3-9,11,15,24H,2,10H2,1H3,(H,23,25)/t15-/m1/s1. The van der Waals surface area contributed by atoms with Gasteiger partial charge in [-0.3, -0.25) is 4.79 Å². The fourth-order valence-electron chi connectivity index (χ4n) is 3.36. The molecule has 1 aromatic heterocycles. The van der Waals surface area contributed by atoms with Crippen LogP contribution in [0.1, 0.15) is 29.7 Å². The number of anilines is 1. The van der Waals surface area contributed by atoms with Crippen LogP contribution < -0.4 is 10.1 Å². The molecule has 1 aliphatic rings. The highest BCUT2D eigenvalue weighted by atomic mass is 35.5. The van der Waals surface area contributed by atoms with Crippen molar-refractivity contribution in [3.63, 3.8) is 0 Å². The van der Waals surface area contributed by atoms with Crippen LogP contribution in [0, 0.1) is 0 Å². The third-order valence-corrected chi connectivity index (χ3v) is 5.98. The number of rotatable bonds is 4. The molecule has 0 bridgehead atoms. The molecule has 4 nitrogen and oxygen atoms in total. The number of thiophene rings is 1. The van der Waals surface area contributed by atoms with Crippen LogP contribution in [0.3, 0.4) is 0 Å². The monoisotopic (exact) mass is 399 g/mol. The van der Waals surface area contributed by atoms with E-state index in [4.69, 9.17) is 16.3 Å². The van der Waals surface area contributed by atoms with E-state index in [1.165, 1.54) is 0 Å². The van der Waals surface area contributed by atoms with Gasteiger partial charge in [-0.05, 0) is 42.3 Å². The number of hydrogen-bond donors (Lipinski definition) is 2. The molecule has 0 saturated heterocycles. The summed E-state index contributed by atoms with van der Waals surface area (Å²) in [5, 5.41) is 15.7. The van der Waals surface area contributed by atoms with Gasteiger partial charge in [0.15, 0.2) is 11.5 Å². The molecule has 0 spiro atoms. The molecule has 0 aliphatic carbocycles. The average Bonchev–Trinajstić information content (AvgIpc) is 3.07. The minimum atomic E-state index is -0.0698. The fraction of sp³-hybridized carbons (Fsp3) is 0.190. The third kappa shape index (κ3) is 3.40. The molecular formula is C21H18ClNO3S. The van der Waals surface area contributed by atoms with Gasteiger partial charge in [-0.2, -0.15) is 0 Å². The number of halogens is 1. The lowest BCUT2D eigenvalue weighted by molar-refractivity contribution is -0.116. The van der Waals surface area contributed by atoms with Crippen molar-refractivity contribution in [1.82, 2.24) is 0 Å². The summed E-state index contributed by atoms with van der Waals surface area (Å²) >= 11 is 7.63. The molecule has 2 N–H and O–H groups in total. The van der Waals surface area contributed by atoms with Crippen molar-refractivity contribution < 1.29 is 14.6 Å². The lowest BCUT2D eigenvalue weighted by atomic mass is 9.89. The molecule has 1 atom stereocenters. The largest absolute Gasteiger partial charge is 0.504 e. The molecule has 138 valence electrons. The van der Waals surface area contributed by atoms with Crippen molar-refractivity contribution in [3.05, 3.63) is 63.3 Å². The zero-order valence-corrected chi connectivity index (χ0v) is 16.2. The van der Waals surface area contributed by atoms with Gasteiger partial charge < -0.3 is 15.2 Å². The van der Waals surface area contributed by atoms with Gasteiger partial charge in [-0.15, -0.1) is 11.3 Å². The normalized spacial score (nSPS) is 15.9. The second-order valence-electron chi connectivity index (χ2n) is 6.36. The Morgan fingerprint density at radius 2 is 2.04 bits per heavy atom. The van der Waals surface area contributed by atoms with Crippen molar-refractivity contribution >= 4 is 34.5 Å². The molecule has 3 aromatic rings. The van der Waals surface area contributed by atoms with Gasteiger partial charge in [0.2, 0.25) is 5.91 Å². The number of carbonyl (C=O) groups is 1. The predicted octanol–water partition coefficient (Wildman–Crippen LogP) is 5.65. The molecule has 0 radical (unpaired) electrons. The highest BCUT2D eigenvalue weighted by Crippen LogP contribution is 2.47. The maximum atomic E-state index is 12.4. The Kier molecular flexibility index (Phi) is 4.81. The van der Waals surface area contributed by atoms with Gasteiger partial charge in [0.1, 0.15) is 0 Å². The summed E-state index contributed by atoms with van der Waals surface area (Å²) in [5.41, 5.74) is 3.82. The SMILES string of the molecule is CCOc1cc([C@H]2CC(=O)Nc3c(-c4ccc(Cl)cc4)csc32)ccc1O. The summed E-state index contributed by atoms with van der Waals surface area (Å²) in [6.45, 7) is 2.34. The number of phenols is 1. The molecule has 6 heteroatoms. The molecule has 0 saturated carbocycles. The zero-order chi connectivity index (χ0) is 19.0. The number of ether oxygens (including phenoxy) is 1. The number of nitrogens with one attached hydrogen (secondary N) is 1. The molecular weight excluding hydrogens is 382 g/mol. The lowest BCUT2D eigenvalue weighted by Crippen LogP contribution is -2.22. The number of carbonyl (C=O) groups excluding carboxylic acids is 1. The van der Waals surface area contributed by atoms with E-state index < -0.39 is 0 Å². The molecule has 4 rings (SSSR count). The second kappa shape index (κ2) is 7.25. The van der Waals surface area contributed by atoms with Crippen LogP contribution in [0.2, 0.25) is 5.02 Å². The summed E-state index contributed by atoms with van der Waals surface area (Å²) in [4.78, 5) is 13.5. The molecule has 1 aliphatic heterocycles. The van der Waals surface area contributed by atoms with E-state index >= 15 is 0 Å². The Balaban J connectivity index is 1.77. The third-order valence-electron chi connectivity index (χ3n) is 4.63. The number of aromatic hydroxyl groups is 1. The highest BCUT2D eigenvalue weighted by molar-refractivity contribution is 7.11. The minimum Gasteiger partial charge on any atom is -0.504 e. The topological polar surface area (TPSA) is 58.6 Å². The lowest BCUT2D eigenvalue weighted by Gasteiger charge is -2.24. The highest BCUT2D eigenvalue weighted by Gasteiger charge is 2.31. The summed E-state index contributed by atoms with van der Waals surface area (Å²) in [5.74, 6) is 0.456. The maximum Gasteiger partial charge on any atom is 0.225 e. The van der Waals surface area contributed by atoms with Crippen LogP contribution in [-0.4, -0.2) is 17.6 Å². The Morgan fingerprint density at radius 1 is 1.26 bits per heavy atom. The van der Waals surface area contributed by atoms with E-state index in [0.717, 1.165) is 27.3 Å². The summed E-state index contributed by atoms with van der Waals surface area (Å²) < 4.78 is 5.51. The van der Waals surface area contributed by atoms with E-state index in [0.29, 0.717) is 23.8 Å². The van der Waals surface area contributed by atoms with Gasteiger partial charge in [0.05, 0.1) is 12.3 Å². The Bertz CT molecular complexity index is 997. The van der Waals surface area contributed by atoms with Crippen LogP contribution in [0.4, 0.5) is 5.69 Å². The van der Waals surface area contributed by atoms with Crippen LogP contribution >= 0.6 is 22.9 Å². The molecule has 0 fully saturated rings. The van der Waals surface area contributed by atoms with Crippen molar-refractivity contribution in [2.75, 3.05) is 11.9 Å². The van der Waals surface area contributed by atoms with Crippen LogP contribution in [0.5, 0.6) is 11.5 Å². The van der Waals surface area contributed by atoms with Crippen molar-refractivity contribution in [2.45, 2.75) is 19.3 Å². The van der Waals surface area contributed by atoms with Crippen molar-refractivity contribution in [1.29, 1.82) is 0 Å². The molecule has 2 aromatic carbocycles. The number of amides is 1. The van der Waals surface area contributed by atoms with Gasteiger partial charge in [0, 0.05) is 33.2 Å². The first-order valence-electron chi connectivity index (χ1n) is 8.69. The smallest absolute Gasteiger partial charge is 0.225 e. The Morgan fingerprint density at radius 3 is 2.78 bits per heavy atom. The summed E-state index contributed by atoms with van der Waals surface area (Å²) in [6.07, 6.45) is 0.365. The number of fused-ring (bicyclic) bond motifs is 1. The van der Waals surface area contributed by atoms with E-state index in [-0.39, 0.29) is 17.6 Å². The van der Waals surface area contributed by atoms with Crippen molar-refractivity contribution in [3.8, 4) is 22.6 Å². The first-order valence-corrected chi connectivity index (χ1v) is 9.95. The summed E-state index contributed by atoms with van der Waals surface area (Å²) in [6, 6.07) is 12.9. The quantitative estimate of drug-likeness (QED) is 0.596. The summed E-state index contributed by atoms with van der Waals surface area (Å²) in [7, 11) is 0. The van der Waals surface area contributed by atoms with Gasteiger partial charge in [-0.1, -0.05) is 29.8 Å². The van der Waals surface area contributed by atoms with E-state index in [1.54, 1.807) is 17.4 Å². The molecule has 27 heavy (non-hydrogen) atoms. The predicted molar refractivity (Wildman–Crippen MR) is 109 cm³/mol. The molecule has 1 amide bonds. The van der Waals surface area contributed by atoms with Crippen LogP contribution in [0.25, 0.3) is 11.1 Å². The Hall–Kier alpha value is -2.50. The van der Waals surface area contributed by atoms with E-state index in [1.807, 2.05) is 43.3 Å². The number of hydrogen-bond acceptors (Lipinski definition) is 4. The van der Waals surface area contributed by atoms with Gasteiger partial charge in [0.25, 0.3) is 0 Å². The first-order chi connectivity index (χ1) is 13.1. The molecule has 0 unspecified atom stereocenters. The van der Waals surface area contributed by atoms with Crippen LogP contribution in [-0.2, 0) is 4.79 Å². The van der Waals surface area contributed by atoms with Crippen LogP contribution in [0.15, 0.2) is 47.8 Å². The fourth-order valence-corrected chi connectivity index (χ4v) is 4.64.